The van der Waals surface area contributed by atoms with E-state index in [0.29, 0.717) is 16.5 Å². The molecule has 16 nitrogen and oxygen atoms in total. The Hall–Kier alpha value is -4.99. The lowest BCUT2D eigenvalue weighted by Crippen LogP contribution is -2.57. The molecule has 0 fully saturated rings. The largest absolute Gasteiger partial charge is 0.481 e. The number of hydrogen-bond acceptors (Lipinski definition) is 8. The average molecular weight is 577 g/mol. The normalized spacial score (nSPS) is 13.8. The number of rotatable bonds is 17. The molecular formula is C25H32N6O10. The quantitative estimate of drug-likeness (QED) is 0.101. The van der Waals surface area contributed by atoms with Crippen molar-refractivity contribution < 1.29 is 48.9 Å². The highest BCUT2D eigenvalue weighted by molar-refractivity contribution is 5.95. The van der Waals surface area contributed by atoms with Crippen LogP contribution in [-0.2, 0) is 40.0 Å². The van der Waals surface area contributed by atoms with Gasteiger partial charge in [0.1, 0.15) is 18.1 Å². The first kappa shape index (κ1) is 32.2. The Labute approximate surface area is 232 Å². The number of carboxylic acid groups (broad SMARTS) is 3. The highest BCUT2D eigenvalue weighted by atomic mass is 16.4. The van der Waals surface area contributed by atoms with E-state index >= 15 is 0 Å². The molecule has 0 aliphatic carbocycles. The van der Waals surface area contributed by atoms with Gasteiger partial charge in [0.15, 0.2) is 0 Å². The van der Waals surface area contributed by atoms with Crippen LogP contribution in [0.3, 0.4) is 0 Å². The third-order valence-electron chi connectivity index (χ3n) is 6.03. The number of H-pyrrole nitrogens is 1. The van der Waals surface area contributed by atoms with Gasteiger partial charge in [0.05, 0.1) is 12.5 Å². The van der Waals surface area contributed by atoms with Crippen LogP contribution in [-0.4, -0.2) is 86.0 Å². The van der Waals surface area contributed by atoms with Crippen LogP contribution in [0.1, 0.15) is 37.7 Å². The summed E-state index contributed by atoms with van der Waals surface area (Å²) in [6.07, 6.45) is -1.06. The van der Waals surface area contributed by atoms with Gasteiger partial charge in [0.25, 0.3) is 0 Å². The number of nitrogens with one attached hydrogen (secondary N) is 4. The second-order valence-corrected chi connectivity index (χ2v) is 9.23. The number of carbonyl (C=O) groups excluding carboxylic acids is 4. The summed E-state index contributed by atoms with van der Waals surface area (Å²) in [4.78, 5) is 86.8. The molecule has 4 amide bonds. The van der Waals surface area contributed by atoms with Crippen molar-refractivity contribution in [1.82, 2.24) is 20.9 Å². The average Bonchev–Trinajstić information content (AvgIpc) is 3.30. The van der Waals surface area contributed by atoms with Gasteiger partial charge in [-0.2, -0.15) is 0 Å². The number of carboxylic acids is 3. The fraction of sp³-hybridized carbons (Fsp3) is 0.400. The maximum atomic E-state index is 13.2. The van der Waals surface area contributed by atoms with Crippen LogP contribution in [0.4, 0.5) is 0 Å². The van der Waals surface area contributed by atoms with Crippen LogP contribution >= 0.6 is 0 Å². The summed E-state index contributed by atoms with van der Waals surface area (Å²) in [7, 11) is 0. The third kappa shape index (κ3) is 10.2. The smallest absolute Gasteiger partial charge is 0.326 e. The summed E-state index contributed by atoms with van der Waals surface area (Å²) < 4.78 is 0. The SMILES string of the molecule is NC(=O)CC(N)C(=O)NC(CCC(=O)O)C(=O)NC(Cc1c[nH]c2ccccc12)C(=O)NC(CCC(=O)O)C(=O)O. The van der Waals surface area contributed by atoms with Gasteiger partial charge >= 0.3 is 17.9 Å². The lowest BCUT2D eigenvalue weighted by atomic mass is 10.0. The lowest BCUT2D eigenvalue weighted by Gasteiger charge is -2.25. The number of fused-ring (bicyclic) bond motifs is 1. The molecule has 1 aromatic heterocycles. The van der Waals surface area contributed by atoms with Gasteiger partial charge < -0.3 is 47.7 Å². The van der Waals surface area contributed by atoms with Gasteiger partial charge in [-0.1, -0.05) is 18.2 Å². The van der Waals surface area contributed by atoms with E-state index in [9.17, 15) is 38.7 Å². The number of primary amides is 1. The van der Waals surface area contributed by atoms with Gasteiger partial charge in [-0.25, -0.2) is 4.79 Å². The van der Waals surface area contributed by atoms with E-state index < -0.39 is 97.8 Å². The van der Waals surface area contributed by atoms with Crippen LogP contribution in [0.2, 0.25) is 0 Å². The van der Waals surface area contributed by atoms with Crippen LogP contribution in [0.5, 0.6) is 0 Å². The molecule has 1 heterocycles. The van der Waals surface area contributed by atoms with Gasteiger partial charge in [-0.3, -0.25) is 28.8 Å². The highest BCUT2D eigenvalue weighted by Gasteiger charge is 2.31. The Morgan fingerprint density at radius 3 is 1.90 bits per heavy atom. The number of para-hydroxylation sites is 1. The van der Waals surface area contributed by atoms with Crippen molar-refractivity contribution in [1.29, 1.82) is 0 Å². The number of carbonyl (C=O) groups is 7. The van der Waals surface area contributed by atoms with Crippen LogP contribution < -0.4 is 27.4 Å². The van der Waals surface area contributed by atoms with E-state index in [0.717, 1.165) is 0 Å². The number of amides is 4. The zero-order chi connectivity index (χ0) is 30.7. The Bertz CT molecular complexity index is 1310. The Balaban J connectivity index is 2.34. The minimum absolute atomic E-state index is 0.159. The van der Waals surface area contributed by atoms with E-state index in [4.69, 9.17) is 21.7 Å². The Kier molecular flexibility index (Phi) is 11.8. The molecule has 0 radical (unpaired) electrons. The first-order chi connectivity index (χ1) is 19.3. The zero-order valence-corrected chi connectivity index (χ0v) is 21.8. The second kappa shape index (κ2) is 15.0. The summed E-state index contributed by atoms with van der Waals surface area (Å²) in [5, 5.41) is 35.1. The summed E-state index contributed by atoms with van der Waals surface area (Å²) >= 11 is 0. The number of nitrogens with two attached hydrogens (primary N) is 2. The molecule has 0 aliphatic heterocycles. The molecule has 1 aromatic carbocycles. The van der Waals surface area contributed by atoms with Crippen molar-refractivity contribution in [2.45, 2.75) is 62.7 Å². The molecule has 0 aliphatic rings. The molecule has 16 heteroatoms. The van der Waals surface area contributed by atoms with Crippen LogP contribution in [0.25, 0.3) is 10.9 Å². The van der Waals surface area contributed by atoms with Crippen molar-refractivity contribution in [3.8, 4) is 0 Å². The monoisotopic (exact) mass is 576 g/mol. The van der Waals surface area contributed by atoms with Gasteiger partial charge in [-0.05, 0) is 24.5 Å². The highest BCUT2D eigenvalue weighted by Crippen LogP contribution is 2.19. The van der Waals surface area contributed by atoms with Crippen molar-refractivity contribution in [3.63, 3.8) is 0 Å². The molecule has 2 aromatic rings. The van der Waals surface area contributed by atoms with E-state index in [2.05, 4.69) is 20.9 Å². The molecule has 0 spiro atoms. The van der Waals surface area contributed by atoms with E-state index in [1.807, 2.05) is 0 Å². The molecule has 41 heavy (non-hydrogen) atoms. The molecule has 4 unspecified atom stereocenters. The van der Waals surface area contributed by atoms with E-state index in [-0.39, 0.29) is 6.42 Å². The number of aromatic amines is 1. The fourth-order valence-electron chi connectivity index (χ4n) is 3.92. The molecule has 4 atom stereocenters. The maximum Gasteiger partial charge on any atom is 0.326 e. The number of aromatic nitrogens is 1. The minimum atomic E-state index is -1.59. The molecule has 0 saturated carbocycles. The van der Waals surface area contributed by atoms with Crippen molar-refractivity contribution in [3.05, 3.63) is 36.0 Å². The zero-order valence-electron chi connectivity index (χ0n) is 21.8. The number of aliphatic carboxylic acids is 3. The maximum absolute atomic E-state index is 13.2. The summed E-state index contributed by atoms with van der Waals surface area (Å²) in [6, 6.07) is 1.08. The van der Waals surface area contributed by atoms with Gasteiger partial charge in [-0.15, -0.1) is 0 Å². The minimum Gasteiger partial charge on any atom is -0.481 e. The molecule has 222 valence electrons. The molecule has 0 bridgehead atoms. The summed E-state index contributed by atoms with van der Waals surface area (Å²) in [5.41, 5.74) is 11.9. The predicted octanol–water partition coefficient (Wildman–Crippen LogP) is -1.82. The topological polar surface area (TPSA) is 284 Å². The van der Waals surface area contributed by atoms with Crippen molar-refractivity contribution in [2.75, 3.05) is 0 Å². The molecule has 11 N–H and O–H groups in total. The van der Waals surface area contributed by atoms with Gasteiger partial charge in [0.2, 0.25) is 23.6 Å². The second-order valence-electron chi connectivity index (χ2n) is 9.23. The Morgan fingerprint density at radius 2 is 1.32 bits per heavy atom. The number of hydrogen-bond donors (Lipinski definition) is 9. The summed E-state index contributed by atoms with van der Waals surface area (Å²) in [6.45, 7) is 0. The first-order valence-corrected chi connectivity index (χ1v) is 12.4. The summed E-state index contributed by atoms with van der Waals surface area (Å²) in [5.74, 6) is -7.85. The third-order valence-corrected chi connectivity index (χ3v) is 6.03. The predicted molar refractivity (Wildman–Crippen MR) is 141 cm³/mol. The Morgan fingerprint density at radius 1 is 0.780 bits per heavy atom. The lowest BCUT2D eigenvalue weighted by molar-refractivity contribution is -0.143. The standard InChI is InChI=1S/C25H32N6O10/c26-14(10-19(27)32)22(37)29-16(5-7-20(33)34)23(38)31-18(9-12-11-28-15-4-2-1-3-13(12)15)24(39)30-17(25(40)41)6-8-21(35)36/h1-4,11,14,16-18,28H,5-10,26H2,(H2,27,32)(H,29,37)(H,30,39)(H,31,38)(H,33,34)(H,35,36)(H,40,41). The fourth-order valence-corrected chi connectivity index (χ4v) is 3.92. The van der Waals surface area contributed by atoms with Crippen molar-refractivity contribution >= 4 is 52.4 Å². The van der Waals surface area contributed by atoms with E-state index in [1.54, 1.807) is 30.5 Å². The molecule has 2 rings (SSSR count). The van der Waals surface area contributed by atoms with E-state index in [1.165, 1.54) is 0 Å². The van der Waals surface area contributed by atoms with Crippen LogP contribution in [0, 0.1) is 0 Å². The molecular weight excluding hydrogens is 544 g/mol. The van der Waals surface area contributed by atoms with Gasteiger partial charge in [0, 0.05) is 36.4 Å². The number of benzene rings is 1. The van der Waals surface area contributed by atoms with Crippen molar-refractivity contribution in [2.24, 2.45) is 11.5 Å². The first-order valence-electron chi connectivity index (χ1n) is 12.4. The van der Waals surface area contributed by atoms with Crippen LogP contribution in [0.15, 0.2) is 30.5 Å². The molecule has 0 saturated heterocycles.